The lowest BCUT2D eigenvalue weighted by atomic mass is 10.1. The monoisotopic (exact) mass is 333 g/mol. The summed E-state index contributed by atoms with van der Waals surface area (Å²) in [6, 6.07) is 5.76. The van der Waals surface area contributed by atoms with Gasteiger partial charge in [0.2, 0.25) is 5.91 Å². The molecule has 0 atom stereocenters. The van der Waals surface area contributed by atoms with Crippen molar-refractivity contribution >= 4 is 44.9 Å². The SMILES string of the molecule is CSc1nc2ccc(NC(=O)Cc3c(C)noc3C)cc2s1. The first kappa shape index (κ1) is 15.1. The van der Waals surface area contributed by atoms with Crippen molar-refractivity contribution in [3.05, 3.63) is 35.2 Å². The Kier molecular flexibility index (Phi) is 4.17. The summed E-state index contributed by atoms with van der Waals surface area (Å²) >= 11 is 3.25. The fraction of sp³-hybridized carbons (Fsp3) is 0.267. The number of thioether (sulfide) groups is 1. The number of anilines is 1. The molecule has 0 saturated heterocycles. The Balaban J connectivity index is 1.76. The molecule has 114 valence electrons. The summed E-state index contributed by atoms with van der Waals surface area (Å²) in [6.45, 7) is 3.66. The van der Waals surface area contributed by atoms with Crippen LogP contribution in [0.2, 0.25) is 0 Å². The molecule has 2 aromatic heterocycles. The smallest absolute Gasteiger partial charge is 0.229 e. The van der Waals surface area contributed by atoms with Crippen LogP contribution in [-0.2, 0) is 11.2 Å². The molecule has 0 fully saturated rings. The number of carbonyl (C=O) groups is 1. The molecule has 0 aliphatic heterocycles. The van der Waals surface area contributed by atoms with Crippen molar-refractivity contribution < 1.29 is 9.32 Å². The molecule has 0 aliphatic carbocycles. The fourth-order valence-electron chi connectivity index (χ4n) is 2.19. The lowest BCUT2D eigenvalue weighted by Crippen LogP contribution is -2.15. The molecule has 0 bridgehead atoms. The third kappa shape index (κ3) is 3.00. The molecule has 0 radical (unpaired) electrons. The van der Waals surface area contributed by atoms with Crippen LogP contribution in [0.25, 0.3) is 10.2 Å². The maximum absolute atomic E-state index is 12.2. The van der Waals surface area contributed by atoms with Gasteiger partial charge in [-0.05, 0) is 38.3 Å². The van der Waals surface area contributed by atoms with E-state index in [0.29, 0.717) is 5.76 Å². The van der Waals surface area contributed by atoms with Crippen LogP contribution in [0, 0.1) is 13.8 Å². The van der Waals surface area contributed by atoms with E-state index in [0.717, 1.165) is 31.5 Å². The molecule has 7 heteroatoms. The van der Waals surface area contributed by atoms with E-state index < -0.39 is 0 Å². The number of fused-ring (bicyclic) bond motifs is 1. The Morgan fingerprint density at radius 1 is 1.41 bits per heavy atom. The van der Waals surface area contributed by atoms with Gasteiger partial charge in [0.15, 0.2) is 4.34 Å². The third-order valence-electron chi connectivity index (χ3n) is 3.35. The normalized spacial score (nSPS) is 11.0. The summed E-state index contributed by atoms with van der Waals surface area (Å²) in [4.78, 5) is 16.7. The summed E-state index contributed by atoms with van der Waals surface area (Å²) in [6.07, 6.45) is 2.27. The van der Waals surface area contributed by atoms with E-state index in [4.69, 9.17) is 4.52 Å². The van der Waals surface area contributed by atoms with Gasteiger partial charge >= 0.3 is 0 Å². The van der Waals surface area contributed by atoms with Crippen LogP contribution < -0.4 is 5.32 Å². The molecule has 1 aromatic carbocycles. The molecule has 5 nitrogen and oxygen atoms in total. The summed E-state index contributed by atoms with van der Waals surface area (Å²) in [5.41, 5.74) is 3.34. The van der Waals surface area contributed by atoms with Crippen LogP contribution in [0.4, 0.5) is 5.69 Å². The number of aryl methyl sites for hydroxylation is 2. The summed E-state index contributed by atoms with van der Waals surface area (Å²) < 4.78 is 7.17. The Morgan fingerprint density at radius 3 is 2.91 bits per heavy atom. The van der Waals surface area contributed by atoms with E-state index in [2.05, 4.69) is 15.5 Å². The number of thiazole rings is 1. The van der Waals surface area contributed by atoms with Crippen LogP contribution in [0.5, 0.6) is 0 Å². The Hall–Kier alpha value is -1.86. The molecule has 3 rings (SSSR count). The van der Waals surface area contributed by atoms with Crippen LogP contribution in [0.1, 0.15) is 17.0 Å². The van der Waals surface area contributed by atoms with E-state index in [1.54, 1.807) is 23.1 Å². The number of nitrogens with zero attached hydrogens (tertiary/aromatic N) is 2. The molecule has 22 heavy (non-hydrogen) atoms. The summed E-state index contributed by atoms with van der Waals surface area (Å²) in [5, 5.41) is 6.78. The molecule has 0 saturated carbocycles. The number of nitrogens with one attached hydrogen (secondary N) is 1. The highest BCUT2D eigenvalue weighted by Crippen LogP contribution is 2.30. The first-order valence-electron chi connectivity index (χ1n) is 6.73. The van der Waals surface area contributed by atoms with Gasteiger partial charge in [0, 0.05) is 11.3 Å². The van der Waals surface area contributed by atoms with Gasteiger partial charge in [-0.25, -0.2) is 4.98 Å². The fourth-order valence-corrected chi connectivity index (χ4v) is 3.72. The quantitative estimate of drug-likeness (QED) is 0.735. The number of benzene rings is 1. The van der Waals surface area contributed by atoms with Crippen molar-refractivity contribution in [2.24, 2.45) is 0 Å². The summed E-state index contributed by atoms with van der Waals surface area (Å²) in [7, 11) is 0. The topological polar surface area (TPSA) is 68.0 Å². The van der Waals surface area contributed by atoms with E-state index in [1.165, 1.54) is 0 Å². The van der Waals surface area contributed by atoms with Crippen LogP contribution in [0.3, 0.4) is 0 Å². The lowest BCUT2D eigenvalue weighted by Gasteiger charge is -2.05. The zero-order valence-electron chi connectivity index (χ0n) is 12.5. The Bertz CT molecular complexity index is 819. The number of rotatable bonds is 4. The standard InChI is InChI=1S/C15H15N3O2S2/c1-8-11(9(2)20-18-8)7-14(19)16-10-4-5-12-13(6-10)22-15(17-12)21-3/h4-6H,7H2,1-3H3,(H,16,19). The summed E-state index contributed by atoms with van der Waals surface area (Å²) in [5.74, 6) is 0.610. The van der Waals surface area contributed by atoms with E-state index in [-0.39, 0.29) is 12.3 Å². The number of hydrogen-bond acceptors (Lipinski definition) is 6. The number of aromatic nitrogens is 2. The average Bonchev–Trinajstić information content (AvgIpc) is 3.04. The van der Waals surface area contributed by atoms with E-state index >= 15 is 0 Å². The minimum absolute atomic E-state index is 0.0802. The minimum atomic E-state index is -0.0802. The van der Waals surface area contributed by atoms with Crippen molar-refractivity contribution in [2.75, 3.05) is 11.6 Å². The zero-order chi connectivity index (χ0) is 15.7. The van der Waals surface area contributed by atoms with Crippen molar-refractivity contribution in [2.45, 2.75) is 24.6 Å². The maximum atomic E-state index is 12.2. The number of amides is 1. The van der Waals surface area contributed by atoms with Crippen molar-refractivity contribution in [1.29, 1.82) is 0 Å². The highest BCUT2D eigenvalue weighted by Gasteiger charge is 2.14. The molecular formula is C15H15N3O2S2. The molecule has 0 unspecified atom stereocenters. The number of hydrogen-bond donors (Lipinski definition) is 1. The van der Waals surface area contributed by atoms with Gasteiger partial charge in [-0.1, -0.05) is 16.9 Å². The highest BCUT2D eigenvalue weighted by molar-refractivity contribution is 8.00. The predicted molar refractivity (Wildman–Crippen MR) is 89.7 cm³/mol. The predicted octanol–water partition coefficient (Wildman–Crippen LogP) is 3.80. The number of carbonyl (C=O) groups excluding carboxylic acids is 1. The van der Waals surface area contributed by atoms with Crippen LogP contribution in [0.15, 0.2) is 27.1 Å². The maximum Gasteiger partial charge on any atom is 0.229 e. The highest BCUT2D eigenvalue weighted by atomic mass is 32.2. The van der Waals surface area contributed by atoms with Gasteiger partial charge in [0.05, 0.1) is 22.3 Å². The molecule has 2 heterocycles. The Morgan fingerprint density at radius 2 is 2.23 bits per heavy atom. The molecule has 3 aromatic rings. The van der Waals surface area contributed by atoms with Gasteiger partial charge < -0.3 is 9.84 Å². The van der Waals surface area contributed by atoms with Crippen LogP contribution in [-0.4, -0.2) is 22.3 Å². The van der Waals surface area contributed by atoms with Gasteiger partial charge in [-0.3, -0.25) is 4.79 Å². The lowest BCUT2D eigenvalue weighted by molar-refractivity contribution is -0.115. The zero-order valence-corrected chi connectivity index (χ0v) is 14.1. The van der Waals surface area contributed by atoms with Crippen LogP contribution >= 0.6 is 23.1 Å². The second-order valence-electron chi connectivity index (χ2n) is 4.89. The molecule has 0 aliphatic rings. The van der Waals surface area contributed by atoms with Gasteiger partial charge in [0.25, 0.3) is 0 Å². The van der Waals surface area contributed by atoms with E-state index in [1.807, 2.05) is 38.3 Å². The molecular weight excluding hydrogens is 318 g/mol. The first-order chi connectivity index (χ1) is 10.6. The largest absolute Gasteiger partial charge is 0.361 e. The minimum Gasteiger partial charge on any atom is -0.361 e. The average molecular weight is 333 g/mol. The van der Waals surface area contributed by atoms with E-state index in [9.17, 15) is 4.79 Å². The van der Waals surface area contributed by atoms with Crippen molar-refractivity contribution in [1.82, 2.24) is 10.1 Å². The second-order valence-corrected chi connectivity index (χ2v) is 6.98. The van der Waals surface area contributed by atoms with Gasteiger partial charge in [-0.15, -0.1) is 11.3 Å². The third-order valence-corrected chi connectivity index (χ3v) is 5.35. The van der Waals surface area contributed by atoms with Crippen molar-refractivity contribution in [3.8, 4) is 0 Å². The van der Waals surface area contributed by atoms with Gasteiger partial charge in [-0.2, -0.15) is 0 Å². The molecule has 0 spiro atoms. The second kappa shape index (κ2) is 6.10. The molecule has 1 amide bonds. The Labute approximate surface area is 136 Å². The van der Waals surface area contributed by atoms with Crippen molar-refractivity contribution in [3.63, 3.8) is 0 Å². The molecule has 1 N–H and O–H groups in total. The first-order valence-corrected chi connectivity index (χ1v) is 8.77. The van der Waals surface area contributed by atoms with Gasteiger partial charge in [0.1, 0.15) is 5.76 Å².